The summed E-state index contributed by atoms with van der Waals surface area (Å²) in [4.78, 5) is 2.38. The maximum atomic E-state index is 13.5. The van der Waals surface area contributed by atoms with Gasteiger partial charge in [0.1, 0.15) is 6.54 Å². The number of methoxy groups -OCH3 is 1. The van der Waals surface area contributed by atoms with Gasteiger partial charge in [-0.2, -0.15) is 13.2 Å². The Balaban J connectivity index is 1.48. The number of hydrogen-bond donors (Lipinski definition) is 3. The molecule has 3 N–H and O–H groups in total. The fourth-order valence-corrected chi connectivity index (χ4v) is 5.62. The minimum Gasteiger partial charge on any atom is -0.389 e. The van der Waals surface area contributed by atoms with Crippen molar-refractivity contribution in [2.45, 2.75) is 42.6 Å². The minimum absolute atomic E-state index is 0.148. The van der Waals surface area contributed by atoms with Crippen LogP contribution in [0, 0.1) is 11.8 Å². The van der Waals surface area contributed by atoms with Crippen molar-refractivity contribution in [1.82, 2.24) is 9.47 Å². The van der Waals surface area contributed by atoms with E-state index in [2.05, 4.69) is 27.4 Å². The number of nitrogens with zero attached hydrogens (tertiary/aromatic N) is 2. The number of nitrogens with one attached hydrogen (secondary N) is 2. The first-order chi connectivity index (χ1) is 19.4. The predicted octanol–water partition coefficient (Wildman–Crippen LogP) is 3.95. The molecule has 4 rings (SSSR count). The number of sulfone groups is 1. The fraction of sp³-hybridized carbons (Fsp3) is 0.448. The fourth-order valence-electron chi connectivity index (χ4n) is 4.99. The Kier molecular flexibility index (Phi) is 9.86. The molecule has 0 amide bonds. The van der Waals surface area contributed by atoms with Crippen LogP contribution in [0.3, 0.4) is 0 Å². The molecule has 3 aromatic rings. The van der Waals surface area contributed by atoms with Crippen LogP contribution in [0.25, 0.3) is 10.9 Å². The van der Waals surface area contributed by atoms with Crippen LogP contribution in [0.4, 0.5) is 24.5 Å². The molecule has 1 atom stereocenters. The second-order valence-electron chi connectivity index (χ2n) is 10.2. The number of halogens is 3. The van der Waals surface area contributed by atoms with Crippen LogP contribution in [0.5, 0.6) is 0 Å². The van der Waals surface area contributed by atoms with Crippen LogP contribution in [0.15, 0.2) is 53.4 Å². The van der Waals surface area contributed by atoms with E-state index < -0.39 is 28.7 Å². The predicted molar refractivity (Wildman–Crippen MR) is 154 cm³/mol. The Hall–Kier alpha value is -3.24. The molecule has 0 spiro atoms. The molecule has 1 aromatic heterocycles. The number of aliphatic hydroxyl groups is 1. The second-order valence-corrected chi connectivity index (χ2v) is 12.3. The third-order valence-corrected chi connectivity index (χ3v) is 8.07. The lowest BCUT2D eigenvalue weighted by Gasteiger charge is -2.34. The standard InChI is InChI=1S/C29H35F3N4O4S/c1-40-19-24(37)18-35-15-12-22(13-16-35)34-27-6-3-7-28-26(27)17-23(36(28)20-29(30,31)32)5-4-14-33-21-8-10-25(11-9-21)41(2,38)39/h3,6-11,17,22,24,33-34,37H,12-16,18-20H2,1-2H3. The molecule has 0 bridgehead atoms. The van der Waals surface area contributed by atoms with Crippen LogP contribution in [-0.4, -0.2) is 87.5 Å². The molecule has 1 aliphatic heterocycles. The van der Waals surface area contributed by atoms with Crippen LogP contribution < -0.4 is 10.6 Å². The lowest BCUT2D eigenvalue weighted by Crippen LogP contribution is -2.43. The molecule has 1 saturated heterocycles. The van der Waals surface area contributed by atoms with Crippen LogP contribution in [0.2, 0.25) is 0 Å². The number of anilines is 2. The first kappa shape index (κ1) is 30.7. The normalized spacial score (nSPS) is 15.9. The SMILES string of the molecule is COCC(O)CN1CCC(Nc2cccc3c2cc(C#CCNc2ccc(S(C)(=O)=O)cc2)n3CC(F)(F)F)CC1. The van der Waals surface area contributed by atoms with Crippen molar-refractivity contribution in [3.63, 3.8) is 0 Å². The quantitative estimate of drug-likeness (QED) is 0.307. The van der Waals surface area contributed by atoms with Gasteiger partial charge in [-0.25, -0.2) is 8.42 Å². The van der Waals surface area contributed by atoms with E-state index in [1.165, 1.54) is 16.7 Å². The summed E-state index contributed by atoms with van der Waals surface area (Å²) in [6, 6.07) is 13.3. The number of alkyl halides is 3. The van der Waals surface area contributed by atoms with E-state index >= 15 is 0 Å². The molecule has 2 heterocycles. The Morgan fingerprint density at radius 3 is 2.49 bits per heavy atom. The number of aromatic nitrogens is 1. The van der Waals surface area contributed by atoms with Crippen molar-refractivity contribution >= 4 is 32.1 Å². The molecular formula is C29H35F3N4O4S. The number of aliphatic hydroxyl groups excluding tert-OH is 1. The number of rotatable bonds is 10. The average molecular weight is 593 g/mol. The van der Waals surface area contributed by atoms with Crippen LogP contribution in [0.1, 0.15) is 18.5 Å². The molecule has 0 radical (unpaired) electrons. The zero-order valence-corrected chi connectivity index (χ0v) is 23.9. The Labute approximate surface area is 238 Å². The third kappa shape index (κ3) is 8.63. The van der Waals surface area contributed by atoms with Crippen molar-refractivity contribution in [3.05, 3.63) is 54.2 Å². The largest absolute Gasteiger partial charge is 0.406 e. The van der Waals surface area contributed by atoms with Gasteiger partial charge in [-0.15, -0.1) is 0 Å². The van der Waals surface area contributed by atoms with Gasteiger partial charge >= 0.3 is 6.18 Å². The maximum Gasteiger partial charge on any atom is 0.406 e. The van der Waals surface area contributed by atoms with E-state index in [4.69, 9.17) is 4.74 Å². The number of hydrogen-bond acceptors (Lipinski definition) is 7. The summed E-state index contributed by atoms with van der Waals surface area (Å²) >= 11 is 0. The number of benzene rings is 2. The van der Waals surface area contributed by atoms with Gasteiger partial charge in [0, 0.05) is 55.8 Å². The van der Waals surface area contributed by atoms with E-state index in [1.807, 2.05) is 6.07 Å². The van der Waals surface area contributed by atoms with Crippen molar-refractivity contribution in [2.24, 2.45) is 0 Å². The molecule has 1 unspecified atom stereocenters. The number of fused-ring (bicyclic) bond motifs is 1. The summed E-state index contributed by atoms with van der Waals surface area (Å²) in [5.41, 5.74) is 2.10. The van der Waals surface area contributed by atoms with Gasteiger partial charge in [-0.3, -0.25) is 0 Å². The highest BCUT2D eigenvalue weighted by Gasteiger charge is 2.30. The van der Waals surface area contributed by atoms with Crippen molar-refractivity contribution in [2.75, 3.05) is 56.8 Å². The van der Waals surface area contributed by atoms with Gasteiger partial charge in [0.2, 0.25) is 0 Å². The zero-order valence-electron chi connectivity index (χ0n) is 23.0. The van der Waals surface area contributed by atoms with E-state index in [0.717, 1.165) is 37.9 Å². The molecule has 1 aliphatic rings. The third-order valence-electron chi connectivity index (χ3n) is 6.94. The zero-order chi connectivity index (χ0) is 29.6. The lowest BCUT2D eigenvalue weighted by atomic mass is 10.0. The summed E-state index contributed by atoms with van der Waals surface area (Å²) in [5.74, 6) is 5.77. The topological polar surface area (TPSA) is 95.8 Å². The molecule has 222 valence electrons. The first-order valence-electron chi connectivity index (χ1n) is 13.3. The van der Waals surface area contributed by atoms with Gasteiger partial charge in [-0.05, 0) is 61.2 Å². The van der Waals surface area contributed by atoms with Gasteiger partial charge in [0.15, 0.2) is 9.84 Å². The number of likely N-dealkylation sites (tertiary alicyclic amines) is 1. The highest BCUT2D eigenvalue weighted by molar-refractivity contribution is 7.90. The first-order valence-corrected chi connectivity index (χ1v) is 15.2. The second kappa shape index (κ2) is 13.2. The van der Waals surface area contributed by atoms with Crippen molar-refractivity contribution in [1.29, 1.82) is 0 Å². The molecule has 2 aromatic carbocycles. The summed E-state index contributed by atoms with van der Waals surface area (Å²) in [6.07, 6.45) is -2.17. The van der Waals surface area contributed by atoms with Crippen molar-refractivity contribution < 1.29 is 31.4 Å². The number of β-amino-alcohol motifs (C(OH)–C–C–N with tert-alkyl or cyclic N) is 1. The van der Waals surface area contributed by atoms with Crippen LogP contribution in [-0.2, 0) is 21.1 Å². The molecule has 0 aliphatic carbocycles. The van der Waals surface area contributed by atoms with E-state index in [0.29, 0.717) is 23.1 Å². The summed E-state index contributed by atoms with van der Waals surface area (Å²) in [7, 11) is -1.75. The van der Waals surface area contributed by atoms with Gasteiger partial charge in [0.05, 0.1) is 35.4 Å². The molecule has 1 fully saturated rings. The summed E-state index contributed by atoms with van der Waals surface area (Å²) in [5, 5.41) is 17.2. The highest BCUT2D eigenvalue weighted by Crippen LogP contribution is 2.31. The number of piperidine rings is 1. The smallest absolute Gasteiger partial charge is 0.389 e. The van der Waals surface area contributed by atoms with E-state index in [9.17, 15) is 26.7 Å². The Morgan fingerprint density at radius 2 is 1.85 bits per heavy atom. The monoisotopic (exact) mass is 592 g/mol. The van der Waals surface area contributed by atoms with Gasteiger partial charge < -0.3 is 29.9 Å². The van der Waals surface area contributed by atoms with Crippen LogP contribution >= 0.6 is 0 Å². The Morgan fingerprint density at radius 1 is 1.15 bits per heavy atom. The summed E-state index contributed by atoms with van der Waals surface area (Å²) < 4.78 is 70.0. The molecule has 8 nitrogen and oxygen atoms in total. The molecule has 41 heavy (non-hydrogen) atoms. The van der Waals surface area contributed by atoms with E-state index in [1.54, 1.807) is 37.4 Å². The average Bonchev–Trinajstić information content (AvgIpc) is 3.24. The van der Waals surface area contributed by atoms with Gasteiger partial charge in [-0.1, -0.05) is 12.0 Å². The Bertz CT molecular complexity index is 1490. The van der Waals surface area contributed by atoms with Gasteiger partial charge in [0.25, 0.3) is 0 Å². The number of ether oxygens (including phenoxy) is 1. The lowest BCUT2D eigenvalue weighted by molar-refractivity contribution is -0.140. The highest BCUT2D eigenvalue weighted by atomic mass is 32.2. The summed E-state index contributed by atoms with van der Waals surface area (Å²) in [6.45, 7) is 1.42. The molecule has 12 heteroatoms. The molecular weight excluding hydrogens is 557 g/mol. The minimum atomic E-state index is -4.42. The van der Waals surface area contributed by atoms with E-state index in [-0.39, 0.29) is 29.8 Å². The maximum absolute atomic E-state index is 13.5. The van der Waals surface area contributed by atoms with Crippen molar-refractivity contribution in [3.8, 4) is 11.8 Å². The molecule has 0 saturated carbocycles.